The van der Waals surface area contributed by atoms with E-state index in [0.717, 1.165) is 13.1 Å². The molecule has 1 aromatic rings. The van der Waals surface area contributed by atoms with Gasteiger partial charge >= 0.3 is 0 Å². The molecule has 0 spiro atoms. The summed E-state index contributed by atoms with van der Waals surface area (Å²) in [6.45, 7) is 6.52. The lowest BCUT2D eigenvalue weighted by Gasteiger charge is -2.39. The van der Waals surface area contributed by atoms with E-state index in [4.69, 9.17) is 11.6 Å². The van der Waals surface area contributed by atoms with E-state index in [-0.39, 0.29) is 0 Å². The van der Waals surface area contributed by atoms with E-state index in [9.17, 15) is 0 Å². The molecule has 0 bridgehead atoms. The second-order valence-electron chi connectivity index (χ2n) is 5.20. The Labute approximate surface area is 107 Å². The minimum Gasteiger partial charge on any atom is -0.367 e. The van der Waals surface area contributed by atoms with E-state index in [1.54, 1.807) is 6.20 Å². The topological polar surface area (TPSA) is 49.8 Å². The van der Waals surface area contributed by atoms with Crippen LogP contribution in [0.15, 0.2) is 12.5 Å². The van der Waals surface area contributed by atoms with Crippen molar-refractivity contribution in [3.05, 3.63) is 17.5 Å². The minimum atomic E-state index is 0.310. The van der Waals surface area contributed by atoms with E-state index >= 15 is 0 Å². The molecule has 1 aliphatic heterocycles. The fourth-order valence-corrected chi connectivity index (χ4v) is 2.43. The van der Waals surface area contributed by atoms with Gasteiger partial charge in [-0.1, -0.05) is 25.4 Å². The van der Waals surface area contributed by atoms with Crippen LogP contribution in [0.1, 0.15) is 26.7 Å². The van der Waals surface area contributed by atoms with E-state index in [1.165, 1.54) is 19.2 Å². The standard InChI is InChI=1S/C12H19ClN4/c1-12(2)4-3-5-15-10(12)7-16-11-9(13)6-14-8-17-11/h6,8,10,15H,3-5,7H2,1-2H3,(H,14,16,17). The molecule has 1 aliphatic rings. The molecule has 2 N–H and O–H groups in total. The van der Waals surface area contributed by atoms with E-state index in [2.05, 4.69) is 34.4 Å². The molecule has 1 atom stereocenters. The highest BCUT2D eigenvalue weighted by atomic mass is 35.5. The van der Waals surface area contributed by atoms with Crippen molar-refractivity contribution in [1.29, 1.82) is 0 Å². The summed E-state index contributed by atoms with van der Waals surface area (Å²) in [6.07, 6.45) is 5.62. The Morgan fingerprint density at radius 2 is 2.41 bits per heavy atom. The van der Waals surface area contributed by atoms with Gasteiger partial charge in [0.05, 0.1) is 6.20 Å². The van der Waals surface area contributed by atoms with Crippen LogP contribution in [-0.4, -0.2) is 29.1 Å². The van der Waals surface area contributed by atoms with Crippen molar-refractivity contribution in [2.24, 2.45) is 5.41 Å². The number of rotatable bonds is 3. The maximum atomic E-state index is 6.01. The average molecular weight is 255 g/mol. The van der Waals surface area contributed by atoms with Gasteiger partial charge in [-0.3, -0.25) is 0 Å². The second-order valence-corrected chi connectivity index (χ2v) is 5.61. The smallest absolute Gasteiger partial charge is 0.148 e. The third kappa shape index (κ3) is 3.07. The number of anilines is 1. The molecule has 2 rings (SSSR count). The number of piperidine rings is 1. The summed E-state index contributed by atoms with van der Waals surface area (Å²) >= 11 is 6.01. The van der Waals surface area contributed by atoms with Crippen molar-refractivity contribution in [1.82, 2.24) is 15.3 Å². The highest BCUT2D eigenvalue weighted by Crippen LogP contribution is 2.30. The van der Waals surface area contributed by atoms with Gasteiger partial charge in [0.2, 0.25) is 0 Å². The van der Waals surface area contributed by atoms with Gasteiger partial charge in [-0.15, -0.1) is 0 Å². The molecule has 5 heteroatoms. The van der Waals surface area contributed by atoms with E-state index in [1.807, 2.05) is 0 Å². The Morgan fingerprint density at radius 1 is 1.59 bits per heavy atom. The van der Waals surface area contributed by atoms with Gasteiger partial charge in [0.25, 0.3) is 0 Å². The van der Waals surface area contributed by atoms with Crippen molar-refractivity contribution >= 4 is 17.4 Å². The van der Waals surface area contributed by atoms with Crippen LogP contribution in [-0.2, 0) is 0 Å². The normalized spacial score (nSPS) is 23.4. The molecule has 1 saturated heterocycles. The van der Waals surface area contributed by atoms with Crippen LogP contribution in [0.5, 0.6) is 0 Å². The molecule has 1 aromatic heterocycles. The molecule has 0 saturated carbocycles. The van der Waals surface area contributed by atoms with Gasteiger partial charge < -0.3 is 10.6 Å². The average Bonchev–Trinajstić information content (AvgIpc) is 2.29. The predicted molar refractivity (Wildman–Crippen MR) is 70.3 cm³/mol. The fourth-order valence-electron chi connectivity index (χ4n) is 2.26. The lowest BCUT2D eigenvalue weighted by Crippen LogP contribution is -2.50. The predicted octanol–water partition coefficient (Wildman–Crippen LogP) is 2.32. The van der Waals surface area contributed by atoms with Crippen molar-refractivity contribution in [2.45, 2.75) is 32.7 Å². The van der Waals surface area contributed by atoms with Gasteiger partial charge in [0, 0.05) is 12.6 Å². The zero-order valence-electron chi connectivity index (χ0n) is 10.3. The first-order valence-corrected chi connectivity index (χ1v) is 6.40. The summed E-state index contributed by atoms with van der Waals surface area (Å²) in [4.78, 5) is 8.00. The van der Waals surface area contributed by atoms with Crippen LogP contribution in [0.3, 0.4) is 0 Å². The van der Waals surface area contributed by atoms with Crippen LogP contribution in [0.25, 0.3) is 0 Å². The molecule has 0 radical (unpaired) electrons. The molecule has 2 heterocycles. The van der Waals surface area contributed by atoms with E-state index < -0.39 is 0 Å². The molecule has 4 nitrogen and oxygen atoms in total. The maximum absolute atomic E-state index is 6.01. The zero-order chi connectivity index (χ0) is 12.3. The van der Waals surface area contributed by atoms with Gasteiger partial charge in [0.1, 0.15) is 17.2 Å². The van der Waals surface area contributed by atoms with Crippen LogP contribution < -0.4 is 10.6 Å². The zero-order valence-corrected chi connectivity index (χ0v) is 11.1. The van der Waals surface area contributed by atoms with Gasteiger partial charge in [0.15, 0.2) is 0 Å². The largest absolute Gasteiger partial charge is 0.367 e. The van der Waals surface area contributed by atoms with Gasteiger partial charge in [-0.05, 0) is 24.8 Å². The molecule has 0 aromatic carbocycles. The molecule has 94 valence electrons. The first-order valence-electron chi connectivity index (χ1n) is 6.02. The van der Waals surface area contributed by atoms with E-state index in [0.29, 0.717) is 22.3 Å². The molecular formula is C12H19ClN4. The van der Waals surface area contributed by atoms with Crippen molar-refractivity contribution < 1.29 is 0 Å². The molecule has 1 fully saturated rings. The third-order valence-corrected chi connectivity index (χ3v) is 3.75. The Kier molecular flexibility index (Phi) is 3.84. The summed E-state index contributed by atoms with van der Waals surface area (Å²) < 4.78 is 0. The van der Waals surface area contributed by atoms with Crippen LogP contribution in [0.4, 0.5) is 5.82 Å². The second kappa shape index (κ2) is 5.19. The highest BCUT2D eigenvalue weighted by Gasteiger charge is 2.31. The fraction of sp³-hybridized carbons (Fsp3) is 0.667. The molecule has 1 unspecified atom stereocenters. The minimum absolute atomic E-state index is 0.310. The van der Waals surface area contributed by atoms with Crippen molar-refractivity contribution in [3.8, 4) is 0 Å². The number of hydrogen-bond acceptors (Lipinski definition) is 4. The first kappa shape index (κ1) is 12.6. The lowest BCUT2D eigenvalue weighted by molar-refractivity contribution is 0.188. The summed E-state index contributed by atoms with van der Waals surface area (Å²) in [5.74, 6) is 0.713. The Bertz CT molecular complexity index is 381. The van der Waals surface area contributed by atoms with Crippen LogP contribution in [0, 0.1) is 5.41 Å². The molecule has 17 heavy (non-hydrogen) atoms. The lowest BCUT2D eigenvalue weighted by atomic mass is 9.77. The SMILES string of the molecule is CC1(C)CCCNC1CNc1ncncc1Cl. The van der Waals surface area contributed by atoms with Crippen LogP contribution in [0.2, 0.25) is 5.02 Å². The summed E-state index contributed by atoms with van der Waals surface area (Å²) in [5.41, 5.74) is 0.310. The monoisotopic (exact) mass is 254 g/mol. The molecule has 0 aliphatic carbocycles. The van der Waals surface area contributed by atoms with Gasteiger partial charge in [-0.25, -0.2) is 9.97 Å². The Hall–Kier alpha value is -0.870. The summed E-state index contributed by atoms with van der Waals surface area (Å²) in [7, 11) is 0. The van der Waals surface area contributed by atoms with Gasteiger partial charge in [-0.2, -0.15) is 0 Å². The summed E-state index contributed by atoms with van der Waals surface area (Å²) in [5, 5.41) is 7.41. The number of nitrogens with one attached hydrogen (secondary N) is 2. The number of hydrogen-bond donors (Lipinski definition) is 2. The molecular weight excluding hydrogens is 236 g/mol. The third-order valence-electron chi connectivity index (χ3n) is 3.47. The number of halogens is 1. The number of aromatic nitrogens is 2. The first-order chi connectivity index (χ1) is 8.09. The maximum Gasteiger partial charge on any atom is 0.148 e. The Balaban J connectivity index is 1.96. The molecule has 0 amide bonds. The Morgan fingerprint density at radius 3 is 3.12 bits per heavy atom. The summed E-state index contributed by atoms with van der Waals surface area (Å²) in [6, 6.07) is 0.447. The number of nitrogens with zero attached hydrogens (tertiary/aromatic N) is 2. The van der Waals surface area contributed by atoms with Crippen molar-refractivity contribution in [2.75, 3.05) is 18.4 Å². The highest BCUT2D eigenvalue weighted by molar-refractivity contribution is 6.32. The van der Waals surface area contributed by atoms with Crippen LogP contribution >= 0.6 is 11.6 Å². The quantitative estimate of drug-likeness (QED) is 0.869. The van der Waals surface area contributed by atoms with Crippen molar-refractivity contribution in [3.63, 3.8) is 0 Å².